The summed E-state index contributed by atoms with van der Waals surface area (Å²) in [5, 5.41) is 2.54. The lowest BCUT2D eigenvalue weighted by molar-refractivity contribution is 0.0963. The molecule has 146 valence electrons. The highest BCUT2D eigenvalue weighted by Gasteiger charge is 2.13. The fraction of sp³-hybridized carbons (Fsp3) is 0.409. The van der Waals surface area contributed by atoms with Gasteiger partial charge in [-0.05, 0) is 69.1 Å². The molecular formula is C22H30FN3O. The van der Waals surface area contributed by atoms with Crippen LogP contribution in [0.2, 0.25) is 0 Å². The van der Waals surface area contributed by atoms with E-state index in [2.05, 4.69) is 10.2 Å². The average molecular weight is 372 g/mol. The molecule has 1 unspecified atom stereocenters. The molecule has 3 N–H and O–H groups in total. The molecule has 1 atom stereocenters. The normalized spacial score (nSPS) is 14.9. The van der Waals surface area contributed by atoms with Crippen LogP contribution in [0.4, 0.5) is 4.39 Å². The largest absolute Gasteiger partial charge is 0.355 e. The van der Waals surface area contributed by atoms with E-state index < -0.39 is 0 Å². The topological polar surface area (TPSA) is 58.4 Å². The summed E-state index contributed by atoms with van der Waals surface area (Å²) in [7, 11) is 1.62. The molecule has 4 nitrogen and oxygen atoms in total. The number of carbonyl (C=O) groups excluding carboxylic acids is 1. The molecule has 1 fully saturated rings. The molecule has 0 saturated carbocycles. The fourth-order valence-corrected chi connectivity index (χ4v) is 3.14. The van der Waals surface area contributed by atoms with E-state index in [1.165, 1.54) is 32.0 Å². The van der Waals surface area contributed by atoms with Crippen molar-refractivity contribution < 1.29 is 9.18 Å². The zero-order chi connectivity index (χ0) is 19.5. The van der Waals surface area contributed by atoms with Crippen LogP contribution in [0.1, 0.15) is 35.2 Å². The molecule has 3 rings (SSSR count). The number of halogens is 1. The third kappa shape index (κ3) is 7.49. The minimum atomic E-state index is -0.135. The van der Waals surface area contributed by atoms with Crippen LogP contribution in [0, 0.1) is 5.82 Å². The van der Waals surface area contributed by atoms with E-state index in [1.54, 1.807) is 25.2 Å². The number of nitrogens with one attached hydrogen (secondary N) is 1. The van der Waals surface area contributed by atoms with Gasteiger partial charge in [-0.2, -0.15) is 0 Å². The van der Waals surface area contributed by atoms with Crippen LogP contribution in [-0.4, -0.2) is 43.5 Å². The molecule has 0 radical (unpaired) electrons. The third-order valence-corrected chi connectivity index (χ3v) is 4.72. The number of carbonyl (C=O) groups is 1. The highest BCUT2D eigenvalue weighted by Crippen LogP contribution is 2.12. The van der Waals surface area contributed by atoms with E-state index in [9.17, 15) is 9.18 Å². The molecule has 2 aromatic rings. The number of hydrogen-bond acceptors (Lipinski definition) is 3. The fourth-order valence-electron chi connectivity index (χ4n) is 3.14. The smallest absolute Gasteiger partial charge is 0.251 e. The van der Waals surface area contributed by atoms with Crippen LogP contribution in [0.25, 0.3) is 0 Å². The first-order valence-electron chi connectivity index (χ1n) is 9.58. The van der Waals surface area contributed by atoms with Crippen LogP contribution >= 0.6 is 0 Å². The molecule has 1 saturated heterocycles. The molecule has 0 aliphatic carbocycles. The van der Waals surface area contributed by atoms with Crippen molar-refractivity contribution in [3.63, 3.8) is 0 Å². The highest BCUT2D eigenvalue weighted by molar-refractivity contribution is 5.93. The first-order chi connectivity index (χ1) is 13.1. The van der Waals surface area contributed by atoms with Crippen molar-refractivity contribution in [3.05, 3.63) is 71.5 Å². The monoisotopic (exact) mass is 371 g/mol. The van der Waals surface area contributed by atoms with Gasteiger partial charge in [0.1, 0.15) is 5.82 Å². The first-order valence-corrected chi connectivity index (χ1v) is 9.58. The standard InChI is InChI=1S/C14H21FN2.C8H9NO/c15-14-6-2-1-5-12(14)11-13(16)7-10-17-8-3-4-9-17;1-9-8(10)7-5-3-2-4-6-7/h1-2,5-6,13H,3-4,7-11,16H2;2-6H,1H3,(H,9,10). The number of rotatable bonds is 6. The van der Waals surface area contributed by atoms with E-state index in [4.69, 9.17) is 5.73 Å². The number of nitrogens with zero attached hydrogens (tertiary/aromatic N) is 1. The molecule has 0 bridgehead atoms. The van der Waals surface area contributed by atoms with Crippen molar-refractivity contribution in [2.75, 3.05) is 26.7 Å². The van der Waals surface area contributed by atoms with Gasteiger partial charge in [-0.15, -0.1) is 0 Å². The summed E-state index contributed by atoms with van der Waals surface area (Å²) >= 11 is 0. The molecular weight excluding hydrogens is 341 g/mol. The van der Waals surface area contributed by atoms with Gasteiger partial charge in [0, 0.05) is 18.7 Å². The van der Waals surface area contributed by atoms with Gasteiger partial charge in [0.05, 0.1) is 0 Å². The Hall–Kier alpha value is -2.24. The zero-order valence-electron chi connectivity index (χ0n) is 16.0. The van der Waals surface area contributed by atoms with Crippen molar-refractivity contribution >= 4 is 5.91 Å². The van der Waals surface area contributed by atoms with Gasteiger partial charge in [0.15, 0.2) is 0 Å². The molecule has 1 amide bonds. The van der Waals surface area contributed by atoms with Gasteiger partial charge < -0.3 is 16.0 Å². The number of benzene rings is 2. The van der Waals surface area contributed by atoms with E-state index in [0.717, 1.165) is 18.5 Å². The van der Waals surface area contributed by atoms with E-state index in [1.807, 2.05) is 30.3 Å². The van der Waals surface area contributed by atoms with Crippen LogP contribution in [0.3, 0.4) is 0 Å². The van der Waals surface area contributed by atoms with Gasteiger partial charge in [-0.25, -0.2) is 4.39 Å². The van der Waals surface area contributed by atoms with E-state index in [0.29, 0.717) is 12.0 Å². The zero-order valence-corrected chi connectivity index (χ0v) is 16.0. The Balaban J connectivity index is 0.000000223. The molecule has 2 aromatic carbocycles. The van der Waals surface area contributed by atoms with E-state index >= 15 is 0 Å². The summed E-state index contributed by atoms with van der Waals surface area (Å²) in [6.45, 7) is 3.45. The SMILES string of the molecule is CNC(=O)c1ccccc1.NC(CCN1CCCC1)Cc1ccccc1F. The molecule has 5 heteroatoms. The van der Waals surface area contributed by atoms with Crippen molar-refractivity contribution in [1.82, 2.24) is 10.2 Å². The van der Waals surface area contributed by atoms with Gasteiger partial charge in [0.2, 0.25) is 0 Å². The van der Waals surface area contributed by atoms with Crippen LogP contribution in [-0.2, 0) is 6.42 Å². The number of hydrogen-bond donors (Lipinski definition) is 2. The molecule has 1 aliphatic rings. The number of likely N-dealkylation sites (tertiary alicyclic amines) is 1. The second kappa shape index (κ2) is 11.5. The summed E-state index contributed by atoms with van der Waals surface area (Å²) in [5.41, 5.74) is 7.50. The summed E-state index contributed by atoms with van der Waals surface area (Å²) in [6.07, 6.45) is 4.21. The summed E-state index contributed by atoms with van der Waals surface area (Å²) in [4.78, 5) is 13.3. The molecule has 0 spiro atoms. The lowest BCUT2D eigenvalue weighted by atomic mass is 10.0. The van der Waals surface area contributed by atoms with Crippen molar-refractivity contribution in [3.8, 4) is 0 Å². The van der Waals surface area contributed by atoms with Crippen LogP contribution in [0.5, 0.6) is 0 Å². The second-order valence-corrected chi connectivity index (χ2v) is 6.84. The van der Waals surface area contributed by atoms with Gasteiger partial charge >= 0.3 is 0 Å². The van der Waals surface area contributed by atoms with Crippen molar-refractivity contribution in [1.29, 1.82) is 0 Å². The molecule has 1 heterocycles. The lowest BCUT2D eigenvalue weighted by Gasteiger charge is -2.18. The predicted molar refractivity (Wildman–Crippen MR) is 108 cm³/mol. The minimum absolute atomic E-state index is 0.0411. The van der Waals surface area contributed by atoms with Crippen LogP contribution < -0.4 is 11.1 Å². The third-order valence-electron chi connectivity index (χ3n) is 4.72. The first kappa shape index (κ1) is 21.1. The minimum Gasteiger partial charge on any atom is -0.355 e. The summed E-state index contributed by atoms with van der Waals surface area (Å²) in [5.74, 6) is -0.176. The van der Waals surface area contributed by atoms with Gasteiger partial charge in [-0.1, -0.05) is 36.4 Å². The Kier molecular flexibility index (Phi) is 8.95. The maximum Gasteiger partial charge on any atom is 0.251 e. The Bertz CT molecular complexity index is 687. The maximum absolute atomic E-state index is 13.4. The molecule has 1 aliphatic heterocycles. The Morgan fingerprint density at radius 3 is 2.37 bits per heavy atom. The number of nitrogens with two attached hydrogens (primary N) is 1. The highest BCUT2D eigenvalue weighted by atomic mass is 19.1. The Morgan fingerprint density at radius 2 is 1.74 bits per heavy atom. The maximum atomic E-state index is 13.4. The van der Waals surface area contributed by atoms with Gasteiger partial charge in [0.25, 0.3) is 5.91 Å². The van der Waals surface area contributed by atoms with Crippen LogP contribution in [0.15, 0.2) is 54.6 Å². The Labute approximate surface area is 161 Å². The van der Waals surface area contributed by atoms with E-state index in [-0.39, 0.29) is 17.8 Å². The van der Waals surface area contributed by atoms with Crippen molar-refractivity contribution in [2.45, 2.75) is 31.7 Å². The number of amides is 1. The van der Waals surface area contributed by atoms with Crippen molar-refractivity contribution in [2.24, 2.45) is 5.73 Å². The lowest BCUT2D eigenvalue weighted by Crippen LogP contribution is -2.30. The molecule has 27 heavy (non-hydrogen) atoms. The quantitative estimate of drug-likeness (QED) is 0.820. The summed E-state index contributed by atoms with van der Waals surface area (Å²) < 4.78 is 13.4. The predicted octanol–water partition coefficient (Wildman–Crippen LogP) is 3.23. The van der Waals surface area contributed by atoms with Gasteiger partial charge in [-0.3, -0.25) is 4.79 Å². The second-order valence-electron chi connectivity index (χ2n) is 6.84. The average Bonchev–Trinajstić information content (AvgIpc) is 3.22. The summed E-state index contributed by atoms with van der Waals surface area (Å²) in [6, 6.07) is 16.1. The molecule has 0 aromatic heterocycles. The Morgan fingerprint density at radius 1 is 1.11 bits per heavy atom.